The third-order valence-corrected chi connectivity index (χ3v) is 1.79. The summed E-state index contributed by atoms with van der Waals surface area (Å²) in [7, 11) is 1.36. The van der Waals surface area contributed by atoms with Crippen molar-refractivity contribution in [1.82, 2.24) is 5.32 Å². The number of carbonyl (C=O) groups is 1. The average molecular weight is 166 g/mol. The van der Waals surface area contributed by atoms with Crippen LogP contribution in [0.25, 0.3) is 0 Å². The van der Waals surface area contributed by atoms with Crippen LogP contribution in [0, 0.1) is 11.3 Å². The zero-order valence-corrected chi connectivity index (χ0v) is 6.83. The van der Waals surface area contributed by atoms with Crippen molar-refractivity contribution in [2.24, 2.45) is 0 Å². The molecule has 0 spiro atoms. The van der Waals surface area contributed by atoms with Gasteiger partial charge in [0.15, 0.2) is 0 Å². The van der Waals surface area contributed by atoms with Crippen LogP contribution in [0.3, 0.4) is 0 Å². The van der Waals surface area contributed by atoms with Gasteiger partial charge in [0.1, 0.15) is 6.04 Å². The minimum atomic E-state index is -0.269. The molecule has 1 heterocycles. The summed E-state index contributed by atoms with van der Waals surface area (Å²) in [6, 6.07) is 1.64. The highest BCUT2D eigenvalue weighted by Crippen LogP contribution is 2.15. The van der Waals surface area contributed by atoms with Crippen LogP contribution in [-0.2, 0) is 9.53 Å². The van der Waals surface area contributed by atoms with E-state index in [-0.39, 0.29) is 12.0 Å². The normalized spacial score (nSPS) is 24.7. The second kappa shape index (κ2) is 3.77. The highest BCUT2D eigenvalue weighted by Gasteiger charge is 2.25. The quantitative estimate of drug-likeness (QED) is 0.450. The zero-order chi connectivity index (χ0) is 8.97. The van der Waals surface area contributed by atoms with Crippen molar-refractivity contribution in [3.63, 3.8) is 0 Å². The van der Waals surface area contributed by atoms with Crippen LogP contribution in [0.15, 0.2) is 11.8 Å². The molecular formula is C8H10N2O2. The first-order chi connectivity index (χ1) is 5.77. The summed E-state index contributed by atoms with van der Waals surface area (Å²) in [4.78, 5) is 11.0. The Kier molecular flexibility index (Phi) is 2.70. The number of rotatable bonds is 1. The SMILES string of the molecule is COC(=O)[C@@H]1CC/C(=C\C#N)N1. The number of nitriles is 1. The van der Waals surface area contributed by atoms with E-state index in [1.54, 1.807) is 0 Å². The van der Waals surface area contributed by atoms with Crippen LogP contribution in [0.5, 0.6) is 0 Å². The first-order valence-electron chi connectivity index (χ1n) is 3.71. The van der Waals surface area contributed by atoms with Crippen LogP contribution < -0.4 is 5.32 Å². The van der Waals surface area contributed by atoms with E-state index in [4.69, 9.17) is 5.26 Å². The van der Waals surface area contributed by atoms with Crippen molar-refractivity contribution in [3.8, 4) is 6.07 Å². The molecule has 1 fully saturated rings. The molecule has 0 aliphatic carbocycles. The molecule has 1 N–H and O–H groups in total. The van der Waals surface area contributed by atoms with Crippen LogP contribution in [0.1, 0.15) is 12.8 Å². The topological polar surface area (TPSA) is 62.1 Å². The first kappa shape index (κ1) is 8.60. The van der Waals surface area contributed by atoms with Gasteiger partial charge in [-0.25, -0.2) is 4.79 Å². The van der Waals surface area contributed by atoms with Gasteiger partial charge in [0.05, 0.1) is 13.2 Å². The highest BCUT2D eigenvalue weighted by atomic mass is 16.5. The molecule has 0 bridgehead atoms. The number of allylic oxidation sites excluding steroid dienone is 2. The second-order valence-electron chi connectivity index (χ2n) is 2.56. The summed E-state index contributed by atoms with van der Waals surface area (Å²) in [6.45, 7) is 0. The fourth-order valence-electron chi connectivity index (χ4n) is 1.18. The molecule has 0 unspecified atom stereocenters. The fraction of sp³-hybridized carbons (Fsp3) is 0.500. The number of ether oxygens (including phenoxy) is 1. The minimum Gasteiger partial charge on any atom is -0.467 e. The second-order valence-corrected chi connectivity index (χ2v) is 2.56. The van der Waals surface area contributed by atoms with Gasteiger partial charge in [-0.2, -0.15) is 5.26 Å². The molecule has 0 radical (unpaired) electrons. The maximum absolute atomic E-state index is 11.0. The van der Waals surface area contributed by atoms with E-state index in [9.17, 15) is 4.79 Å². The van der Waals surface area contributed by atoms with Gasteiger partial charge in [-0.1, -0.05) is 0 Å². The molecule has 4 heteroatoms. The maximum Gasteiger partial charge on any atom is 0.328 e. The van der Waals surface area contributed by atoms with Crippen LogP contribution in [0.4, 0.5) is 0 Å². The average Bonchev–Trinajstić information content (AvgIpc) is 2.52. The number of nitrogens with one attached hydrogen (secondary N) is 1. The molecular weight excluding hydrogens is 156 g/mol. The third kappa shape index (κ3) is 1.76. The smallest absolute Gasteiger partial charge is 0.328 e. The predicted octanol–water partition coefficient (Wildman–Crippen LogP) is 0.319. The number of nitrogens with zero attached hydrogens (tertiary/aromatic N) is 1. The molecule has 4 nitrogen and oxygen atoms in total. The Bertz CT molecular complexity index is 252. The van der Waals surface area contributed by atoms with Gasteiger partial charge in [-0.15, -0.1) is 0 Å². The van der Waals surface area contributed by atoms with Crippen molar-refractivity contribution in [1.29, 1.82) is 5.26 Å². The van der Waals surface area contributed by atoms with Crippen molar-refractivity contribution in [2.75, 3.05) is 7.11 Å². The lowest BCUT2D eigenvalue weighted by Gasteiger charge is -2.06. The zero-order valence-electron chi connectivity index (χ0n) is 6.83. The Morgan fingerprint density at radius 1 is 1.92 bits per heavy atom. The summed E-state index contributed by atoms with van der Waals surface area (Å²) >= 11 is 0. The van der Waals surface area contributed by atoms with Gasteiger partial charge in [0.25, 0.3) is 0 Å². The fourth-order valence-corrected chi connectivity index (χ4v) is 1.18. The number of methoxy groups -OCH3 is 1. The molecule has 1 atom stereocenters. The van der Waals surface area contributed by atoms with Gasteiger partial charge < -0.3 is 10.1 Å². The van der Waals surface area contributed by atoms with Crippen LogP contribution >= 0.6 is 0 Å². The van der Waals surface area contributed by atoms with E-state index in [0.717, 1.165) is 12.1 Å². The number of carbonyl (C=O) groups excluding carboxylic acids is 1. The molecule has 1 rings (SSSR count). The van der Waals surface area contributed by atoms with Crippen molar-refractivity contribution in [3.05, 3.63) is 11.8 Å². The highest BCUT2D eigenvalue weighted by molar-refractivity contribution is 5.76. The van der Waals surface area contributed by atoms with Gasteiger partial charge in [-0.05, 0) is 12.8 Å². The molecule has 64 valence electrons. The number of esters is 1. The van der Waals surface area contributed by atoms with Gasteiger partial charge in [0.2, 0.25) is 0 Å². The standard InChI is InChI=1S/C8H10N2O2/c1-12-8(11)7-3-2-6(10-7)4-5-9/h4,7,10H,2-3H2,1H3/b6-4+/t7-/m0/s1. The molecule has 12 heavy (non-hydrogen) atoms. The third-order valence-electron chi connectivity index (χ3n) is 1.79. The Labute approximate surface area is 70.8 Å². The molecule has 1 saturated heterocycles. The molecule has 0 aromatic carbocycles. The monoisotopic (exact) mass is 166 g/mol. The van der Waals surface area contributed by atoms with E-state index in [2.05, 4.69) is 10.1 Å². The van der Waals surface area contributed by atoms with E-state index in [1.807, 2.05) is 6.07 Å². The number of hydrogen-bond acceptors (Lipinski definition) is 4. The van der Waals surface area contributed by atoms with E-state index in [1.165, 1.54) is 13.2 Å². The summed E-state index contributed by atoms with van der Waals surface area (Å²) in [5.41, 5.74) is 0.813. The summed E-state index contributed by atoms with van der Waals surface area (Å²) in [6.07, 6.45) is 2.87. The van der Waals surface area contributed by atoms with E-state index < -0.39 is 0 Å². The van der Waals surface area contributed by atoms with Crippen molar-refractivity contribution in [2.45, 2.75) is 18.9 Å². The minimum absolute atomic E-state index is 0.267. The lowest BCUT2D eigenvalue weighted by molar-refractivity contribution is -0.142. The van der Waals surface area contributed by atoms with Gasteiger partial charge >= 0.3 is 5.97 Å². The summed E-state index contributed by atoms with van der Waals surface area (Å²) in [5, 5.41) is 11.2. The number of hydrogen-bond donors (Lipinski definition) is 1. The van der Waals surface area contributed by atoms with Gasteiger partial charge in [-0.3, -0.25) is 0 Å². The summed E-state index contributed by atoms with van der Waals surface area (Å²) in [5.74, 6) is -0.267. The molecule has 1 aliphatic rings. The molecule has 0 aromatic rings. The molecule has 0 saturated carbocycles. The van der Waals surface area contributed by atoms with Crippen LogP contribution in [0.2, 0.25) is 0 Å². The lowest BCUT2D eigenvalue weighted by atomic mass is 10.2. The van der Waals surface area contributed by atoms with Crippen molar-refractivity contribution < 1.29 is 9.53 Å². The summed E-state index contributed by atoms with van der Waals surface area (Å²) < 4.78 is 4.55. The van der Waals surface area contributed by atoms with E-state index >= 15 is 0 Å². The van der Waals surface area contributed by atoms with Crippen LogP contribution in [-0.4, -0.2) is 19.1 Å². The molecule has 1 aliphatic heterocycles. The Morgan fingerprint density at radius 2 is 2.67 bits per heavy atom. The molecule has 0 aromatic heterocycles. The lowest BCUT2D eigenvalue weighted by Crippen LogP contribution is -2.30. The Morgan fingerprint density at radius 3 is 3.25 bits per heavy atom. The first-order valence-corrected chi connectivity index (χ1v) is 3.71. The predicted molar refractivity (Wildman–Crippen MR) is 41.9 cm³/mol. The van der Waals surface area contributed by atoms with Crippen molar-refractivity contribution >= 4 is 5.97 Å². The Hall–Kier alpha value is -1.50. The van der Waals surface area contributed by atoms with E-state index in [0.29, 0.717) is 6.42 Å². The van der Waals surface area contributed by atoms with Gasteiger partial charge in [0, 0.05) is 11.8 Å². The largest absolute Gasteiger partial charge is 0.467 e. The maximum atomic E-state index is 11.0. The molecule has 0 amide bonds. The Balaban J connectivity index is 2.52.